The first-order valence-electron chi connectivity index (χ1n) is 13.7. The van der Waals surface area contributed by atoms with Crippen LogP contribution in [0, 0.1) is 11.8 Å². The average molecular weight is 463 g/mol. The van der Waals surface area contributed by atoms with Crippen molar-refractivity contribution >= 4 is 0 Å². The second-order valence-electron chi connectivity index (χ2n) is 12.2. The third-order valence-corrected chi connectivity index (χ3v) is 8.68. The summed E-state index contributed by atoms with van der Waals surface area (Å²) < 4.78 is 0. The number of nitrogens with one attached hydrogen (secondary N) is 1. The van der Waals surface area contributed by atoms with Gasteiger partial charge in [-0.15, -0.1) is 0 Å². The number of hydrogen-bond acceptors (Lipinski definition) is 3. The molecule has 0 saturated heterocycles. The molecular formula is C31H46N2O. The number of benzene rings is 1. The first kappa shape index (κ1) is 25.4. The normalized spacial score (nSPS) is 23.4. The van der Waals surface area contributed by atoms with Gasteiger partial charge in [0, 0.05) is 17.9 Å². The maximum atomic E-state index is 8.91. The van der Waals surface area contributed by atoms with E-state index in [0.29, 0.717) is 0 Å². The van der Waals surface area contributed by atoms with E-state index in [-0.39, 0.29) is 17.4 Å². The van der Waals surface area contributed by atoms with E-state index in [4.69, 9.17) is 10.1 Å². The summed E-state index contributed by atoms with van der Waals surface area (Å²) >= 11 is 0. The number of aliphatic hydroxyl groups excluding tert-OH is 1. The lowest BCUT2D eigenvalue weighted by atomic mass is 9.63. The van der Waals surface area contributed by atoms with Gasteiger partial charge in [-0.05, 0) is 110 Å². The topological polar surface area (TPSA) is 45.1 Å². The molecular weight excluding hydrogens is 416 g/mol. The van der Waals surface area contributed by atoms with Crippen LogP contribution in [0.1, 0.15) is 95.9 Å². The molecule has 0 bridgehead atoms. The molecule has 0 atom stereocenters. The number of aryl methyl sites for hydroxylation is 1. The van der Waals surface area contributed by atoms with Crippen molar-refractivity contribution in [3.05, 3.63) is 53.2 Å². The minimum Gasteiger partial charge on any atom is -0.396 e. The fraction of sp³-hybridized carbons (Fsp3) is 0.645. The van der Waals surface area contributed by atoms with Gasteiger partial charge in [-0.3, -0.25) is 4.98 Å². The first-order chi connectivity index (χ1) is 16.3. The molecule has 0 amide bonds. The van der Waals surface area contributed by atoms with Gasteiger partial charge in [0.1, 0.15) is 0 Å². The van der Waals surface area contributed by atoms with Gasteiger partial charge >= 0.3 is 0 Å². The van der Waals surface area contributed by atoms with Gasteiger partial charge in [-0.2, -0.15) is 0 Å². The molecule has 0 unspecified atom stereocenters. The lowest BCUT2D eigenvalue weighted by molar-refractivity contribution is 0.251. The van der Waals surface area contributed by atoms with Gasteiger partial charge in [0.05, 0.1) is 5.69 Å². The lowest BCUT2D eigenvalue weighted by Gasteiger charge is -2.42. The lowest BCUT2D eigenvalue weighted by Crippen LogP contribution is -2.33. The van der Waals surface area contributed by atoms with E-state index < -0.39 is 0 Å². The van der Waals surface area contributed by atoms with Crippen LogP contribution in [0.2, 0.25) is 0 Å². The molecule has 2 aliphatic carbocycles. The molecule has 1 aromatic heterocycles. The second kappa shape index (κ2) is 10.9. The van der Waals surface area contributed by atoms with Crippen molar-refractivity contribution < 1.29 is 5.11 Å². The molecule has 2 N–H and O–H groups in total. The maximum absolute atomic E-state index is 8.91. The number of rotatable bonds is 9. The zero-order valence-corrected chi connectivity index (χ0v) is 22.0. The van der Waals surface area contributed by atoms with Crippen molar-refractivity contribution in [2.45, 2.75) is 96.3 Å². The standard InChI is InChI=1S/C31H46N2O/c1-30(2)17-18-31(3,4)28-21-25(14-16-27(28)30)29-8-5-7-26(33-29)15-13-23-9-11-24(12-10-23)22-32-19-6-20-34/h5,7-8,14,16,21,23-24,32,34H,6,9-13,15,17-20,22H2,1-4H3. The van der Waals surface area contributed by atoms with Crippen molar-refractivity contribution in [2.24, 2.45) is 11.8 Å². The molecule has 0 radical (unpaired) electrons. The molecule has 0 spiro atoms. The summed E-state index contributed by atoms with van der Waals surface area (Å²) in [4.78, 5) is 5.10. The summed E-state index contributed by atoms with van der Waals surface area (Å²) in [5, 5.41) is 12.4. The first-order valence-corrected chi connectivity index (χ1v) is 13.7. The maximum Gasteiger partial charge on any atom is 0.0705 e. The second-order valence-corrected chi connectivity index (χ2v) is 12.2. The molecule has 4 rings (SSSR count). The molecule has 2 aliphatic rings. The van der Waals surface area contributed by atoms with Gasteiger partial charge in [0.2, 0.25) is 0 Å². The van der Waals surface area contributed by atoms with Gasteiger partial charge in [-0.25, -0.2) is 0 Å². The molecule has 3 nitrogen and oxygen atoms in total. The average Bonchev–Trinajstić information content (AvgIpc) is 2.84. The molecule has 2 aromatic rings. The molecule has 186 valence electrons. The minimum absolute atomic E-state index is 0.228. The highest BCUT2D eigenvalue weighted by molar-refractivity contribution is 5.63. The number of pyridine rings is 1. The Balaban J connectivity index is 1.35. The van der Waals surface area contributed by atoms with Gasteiger partial charge in [0.25, 0.3) is 0 Å². The predicted molar refractivity (Wildman–Crippen MR) is 143 cm³/mol. The summed E-state index contributed by atoms with van der Waals surface area (Å²) in [5.74, 6) is 1.65. The van der Waals surface area contributed by atoms with Crippen LogP contribution in [0.5, 0.6) is 0 Å². The Morgan fingerprint density at radius 2 is 1.62 bits per heavy atom. The van der Waals surface area contributed by atoms with Crippen molar-refractivity contribution in [2.75, 3.05) is 19.7 Å². The monoisotopic (exact) mass is 462 g/mol. The fourth-order valence-electron chi connectivity index (χ4n) is 6.11. The summed E-state index contributed by atoms with van der Waals surface area (Å²) in [6, 6.07) is 13.7. The van der Waals surface area contributed by atoms with Crippen LogP contribution in [0.15, 0.2) is 36.4 Å². The van der Waals surface area contributed by atoms with Gasteiger partial charge in [0.15, 0.2) is 0 Å². The Morgan fingerprint density at radius 3 is 2.35 bits per heavy atom. The van der Waals surface area contributed by atoms with Crippen molar-refractivity contribution in [3.63, 3.8) is 0 Å². The Labute approximate surface area is 207 Å². The number of aliphatic hydroxyl groups is 1. The van der Waals surface area contributed by atoms with E-state index in [2.05, 4.69) is 69.4 Å². The summed E-state index contributed by atoms with van der Waals surface area (Å²) in [6.45, 7) is 11.9. The highest BCUT2D eigenvalue weighted by Crippen LogP contribution is 2.46. The highest BCUT2D eigenvalue weighted by atomic mass is 16.3. The Morgan fingerprint density at radius 1 is 0.912 bits per heavy atom. The zero-order valence-electron chi connectivity index (χ0n) is 22.0. The Kier molecular flexibility index (Phi) is 8.15. The SMILES string of the molecule is CC1(C)CCC(C)(C)c2cc(-c3cccc(CCC4CCC(CNCCCO)CC4)n3)ccc21. The van der Waals surface area contributed by atoms with Crippen LogP contribution in [0.25, 0.3) is 11.3 Å². The number of nitrogens with zero attached hydrogens (tertiary/aromatic N) is 1. The van der Waals surface area contributed by atoms with E-state index in [1.54, 1.807) is 0 Å². The van der Waals surface area contributed by atoms with Crippen LogP contribution in [-0.4, -0.2) is 29.8 Å². The number of fused-ring (bicyclic) bond motifs is 1. The fourth-order valence-corrected chi connectivity index (χ4v) is 6.11. The van der Waals surface area contributed by atoms with Crippen molar-refractivity contribution in [1.82, 2.24) is 10.3 Å². The smallest absolute Gasteiger partial charge is 0.0705 e. The predicted octanol–water partition coefficient (Wildman–Crippen LogP) is 6.81. The van der Waals surface area contributed by atoms with E-state index in [0.717, 1.165) is 43.5 Å². The summed E-state index contributed by atoms with van der Waals surface area (Å²) in [7, 11) is 0. The number of aromatic nitrogens is 1. The Bertz CT molecular complexity index is 940. The van der Waals surface area contributed by atoms with E-state index in [9.17, 15) is 0 Å². The van der Waals surface area contributed by atoms with Crippen LogP contribution in [0.4, 0.5) is 0 Å². The van der Waals surface area contributed by atoms with Gasteiger partial charge < -0.3 is 10.4 Å². The van der Waals surface area contributed by atoms with Crippen molar-refractivity contribution in [3.8, 4) is 11.3 Å². The highest BCUT2D eigenvalue weighted by Gasteiger charge is 2.37. The van der Waals surface area contributed by atoms with E-state index in [1.807, 2.05) is 0 Å². The zero-order chi connectivity index (χ0) is 24.2. The molecule has 1 fully saturated rings. The minimum atomic E-state index is 0.228. The molecule has 1 aromatic carbocycles. The quantitative estimate of drug-likeness (QED) is 0.402. The Hall–Kier alpha value is -1.71. The van der Waals surface area contributed by atoms with Crippen LogP contribution in [0.3, 0.4) is 0 Å². The molecule has 34 heavy (non-hydrogen) atoms. The van der Waals surface area contributed by atoms with Crippen LogP contribution in [-0.2, 0) is 17.3 Å². The van der Waals surface area contributed by atoms with E-state index >= 15 is 0 Å². The molecule has 0 aliphatic heterocycles. The van der Waals surface area contributed by atoms with Crippen LogP contribution < -0.4 is 5.32 Å². The molecule has 1 heterocycles. The van der Waals surface area contributed by atoms with Gasteiger partial charge in [-0.1, -0.05) is 58.7 Å². The summed E-state index contributed by atoms with van der Waals surface area (Å²) in [6.07, 6.45) is 11.1. The number of hydrogen-bond donors (Lipinski definition) is 2. The van der Waals surface area contributed by atoms with Crippen LogP contribution >= 0.6 is 0 Å². The van der Waals surface area contributed by atoms with Crippen molar-refractivity contribution in [1.29, 1.82) is 0 Å². The summed E-state index contributed by atoms with van der Waals surface area (Å²) in [5.41, 5.74) is 7.14. The molecule has 3 heteroatoms. The third-order valence-electron chi connectivity index (χ3n) is 8.68. The molecule has 1 saturated carbocycles. The van der Waals surface area contributed by atoms with E-state index in [1.165, 1.54) is 67.3 Å². The largest absolute Gasteiger partial charge is 0.396 e. The third kappa shape index (κ3) is 6.10.